The van der Waals surface area contributed by atoms with E-state index in [-0.39, 0.29) is 0 Å². The third kappa shape index (κ3) is 4.71. The molecule has 2 heterocycles. The first-order chi connectivity index (χ1) is 12.6. The molecule has 0 bridgehead atoms. The van der Waals surface area contributed by atoms with Crippen molar-refractivity contribution in [1.29, 1.82) is 0 Å². The summed E-state index contributed by atoms with van der Waals surface area (Å²) in [6.45, 7) is 25.7. The van der Waals surface area contributed by atoms with E-state index in [1.807, 2.05) is 0 Å². The van der Waals surface area contributed by atoms with Crippen molar-refractivity contribution in [3.05, 3.63) is 0 Å². The second-order valence-electron chi connectivity index (χ2n) is 11.8. The molecule has 0 amide bonds. The second kappa shape index (κ2) is 7.27. The van der Waals surface area contributed by atoms with Crippen LogP contribution in [-0.2, 0) is 0 Å². The molecule has 4 atom stereocenters. The van der Waals surface area contributed by atoms with Gasteiger partial charge in [0.15, 0.2) is 0 Å². The Labute approximate surface area is 168 Å². The first kappa shape index (κ1) is 20.1. The molecule has 0 radical (unpaired) electrons. The van der Waals surface area contributed by atoms with Crippen molar-refractivity contribution in [2.24, 2.45) is 17.8 Å². The van der Waals surface area contributed by atoms with Gasteiger partial charge in [0.1, 0.15) is 0 Å². The molecule has 2 saturated heterocycles. The quantitative estimate of drug-likeness (QED) is 0.748. The molecule has 27 heavy (non-hydrogen) atoms. The van der Waals surface area contributed by atoms with Crippen molar-refractivity contribution in [3.63, 3.8) is 0 Å². The standard InChI is InChI=1S/C23H44N4/c1-22(2,3)26-11-7-24(8-12-26)17-18-15-19(18)20-16-21(20)25-9-13-27(14-10-25)23(4,5)6/h18-21H,7-17H2,1-6H3. The summed E-state index contributed by atoms with van der Waals surface area (Å²) in [4.78, 5) is 10.9. The van der Waals surface area contributed by atoms with Crippen LogP contribution in [0.1, 0.15) is 54.4 Å². The van der Waals surface area contributed by atoms with E-state index in [1.165, 1.54) is 71.7 Å². The molecular weight excluding hydrogens is 332 g/mol. The molecule has 156 valence electrons. The topological polar surface area (TPSA) is 13.0 Å². The van der Waals surface area contributed by atoms with Crippen molar-refractivity contribution in [2.45, 2.75) is 71.5 Å². The van der Waals surface area contributed by atoms with Crippen LogP contribution < -0.4 is 0 Å². The molecule has 4 nitrogen and oxygen atoms in total. The Morgan fingerprint density at radius 1 is 0.630 bits per heavy atom. The van der Waals surface area contributed by atoms with Crippen LogP contribution in [0.4, 0.5) is 0 Å². The van der Waals surface area contributed by atoms with Gasteiger partial charge in [-0.1, -0.05) is 0 Å². The monoisotopic (exact) mass is 376 g/mol. The summed E-state index contributed by atoms with van der Waals surface area (Å²) in [6, 6.07) is 0.930. The molecule has 0 N–H and O–H groups in total. The molecule has 2 aliphatic heterocycles. The van der Waals surface area contributed by atoms with E-state index >= 15 is 0 Å². The summed E-state index contributed by atoms with van der Waals surface area (Å²) >= 11 is 0. The Balaban J connectivity index is 1.16. The summed E-state index contributed by atoms with van der Waals surface area (Å²) < 4.78 is 0. The normalized spacial score (nSPS) is 37.6. The fourth-order valence-corrected chi connectivity index (χ4v) is 5.74. The minimum absolute atomic E-state index is 0.340. The van der Waals surface area contributed by atoms with E-state index < -0.39 is 0 Å². The summed E-state index contributed by atoms with van der Waals surface area (Å²) in [5.41, 5.74) is 0.681. The highest BCUT2D eigenvalue weighted by Crippen LogP contribution is 2.56. The number of rotatable bonds is 4. The van der Waals surface area contributed by atoms with E-state index in [9.17, 15) is 0 Å². The summed E-state index contributed by atoms with van der Waals surface area (Å²) in [7, 11) is 0. The molecule has 2 saturated carbocycles. The average molecular weight is 377 g/mol. The van der Waals surface area contributed by atoms with Crippen LogP contribution in [0.2, 0.25) is 0 Å². The van der Waals surface area contributed by atoms with Crippen molar-refractivity contribution >= 4 is 0 Å². The highest BCUT2D eigenvalue weighted by atomic mass is 15.3. The van der Waals surface area contributed by atoms with Crippen LogP contribution in [-0.4, -0.2) is 95.6 Å². The Kier molecular flexibility index (Phi) is 5.42. The van der Waals surface area contributed by atoms with Gasteiger partial charge in [-0.25, -0.2) is 0 Å². The molecule has 4 unspecified atom stereocenters. The van der Waals surface area contributed by atoms with E-state index in [0.717, 1.165) is 23.8 Å². The third-order valence-corrected chi connectivity index (χ3v) is 7.88. The lowest BCUT2D eigenvalue weighted by atomic mass is 10.0. The first-order valence-electron chi connectivity index (χ1n) is 11.6. The van der Waals surface area contributed by atoms with Crippen LogP contribution >= 0.6 is 0 Å². The summed E-state index contributed by atoms with van der Waals surface area (Å²) in [5.74, 6) is 3.10. The molecule has 4 heteroatoms. The van der Waals surface area contributed by atoms with Gasteiger partial charge < -0.3 is 4.90 Å². The molecule has 2 aliphatic carbocycles. The maximum atomic E-state index is 2.82. The molecular formula is C23H44N4. The maximum Gasteiger partial charge on any atom is 0.0131 e. The van der Waals surface area contributed by atoms with Gasteiger partial charge in [0, 0.05) is 76.0 Å². The maximum absolute atomic E-state index is 2.82. The minimum Gasteiger partial charge on any atom is -0.301 e. The van der Waals surface area contributed by atoms with E-state index in [4.69, 9.17) is 0 Å². The third-order valence-electron chi connectivity index (χ3n) is 7.88. The summed E-state index contributed by atoms with van der Waals surface area (Å²) in [5, 5.41) is 0. The lowest BCUT2D eigenvalue weighted by Gasteiger charge is -2.42. The minimum atomic E-state index is 0.340. The highest BCUT2D eigenvalue weighted by molar-refractivity contribution is 5.08. The Morgan fingerprint density at radius 3 is 1.67 bits per heavy atom. The fraction of sp³-hybridized carbons (Fsp3) is 1.00. The van der Waals surface area contributed by atoms with Gasteiger partial charge in [0.2, 0.25) is 0 Å². The molecule has 4 rings (SSSR count). The lowest BCUT2D eigenvalue weighted by molar-refractivity contribution is 0.0547. The predicted octanol–water partition coefficient (Wildman–Crippen LogP) is 2.84. The number of hydrogen-bond donors (Lipinski definition) is 0. The SMILES string of the molecule is CC(C)(C)N1CCN(CC2CC2C2CC2N2CCN(C(C)(C)C)CC2)CC1. The highest BCUT2D eigenvalue weighted by Gasteiger charge is 2.55. The van der Waals surface area contributed by atoms with E-state index in [1.54, 1.807) is 0 Å². The Morgan fingerprint density at radius 2 is 1.15 bits per heavy atom. The van der Waals surface area contributed by atoms with Gasteiger partial charge in [-0.05, 0) is 72.1 Å². The zero-order valence-corrected chi connectivity index (χ0v) is 18.9. The van der Waals surface area contributed by atoms with Crippen molar-refractivity contribution in [2.75, 3.05) is 58.9 Å². The number of nitrogens with zero attached hydrogens (tertiary/aromatic N) is 4. The van der Waals surface area contributed by atoms with Crippen LogP contribution in [0.3, 0.4) is 0 Å². The van der Waals surface area contributed by atoms with Gasteiger partial charge in [-0.2, -0.15) is 0 Å². The van der Waals surface area contributed by atoms with Crippen LogP contribution in [0, 0.1) is 17.8 Å². The van der Waals surface area contributed by atoms with Crippen LogP contribution in [0.25, 0.3) is 0 Å². The Bertz CT molecular complexity index is 503. The smallest absolute Gasteiger partial charge is 0.0131 e. The van der Waals surface area contributed by atoms with E-state index in [2.05, 4.69) is 61.1 Å². The van der Waals surface area contributed by atoms with Crippen LogP contribution in [0.15, 0.2) is 0 Å². The van der Waals surface area contributed by atoms with Gasteiger partial charge in [-0.3, -0.25) is 14.7 Å². The van der Waals surface area contributed by atoms with E-state index in [0.29, 0.717) is 11.1 Å². The van der Waals surface area contributed by atoms with Crippen molar-refractivity contribution in [3.8, 4) is 0 Å². The van der Waals surface area contributed by atoms with Crippen LogP contribution in [0.5, 0.6) is 0 Å². The molecule has 4 aliphatic rings. The van der Waals surface area contributed by atoms with Gasteiger partial charge >= 0.3 is 0 Å². The average Bonchev–Trinajstić information content (AvgIpc) is 3.48. The van der Waals surface area contributed by atoms with Gasteiger partial charge in [-0.15, -0.1) is 0 Å². The largest absolute Gasteiger partial charge is 0.301 e. The lowest BCUT2D eigenvalue weighted by Crippen LogP contribution is -2.54. The zero-order chi connectivity index (χ0) is 19.4. The molecule has 0 aromatic carbocycles. The number of hydrogen-bond acceptors (Lipinski definition) is 4. The molecule has 0 spiro atoms. The first-order valence-corrected chi connectivity index (χ1v) is 11.6. The Hall–Kier alpha value is -0.160. The molecule has 0 aromatic heterocycles. The number of piperazine rings is 2. The zero-order valence-electron chi connectivity index (χ0n) is 18.9. The molecule has 4 fully saturated rings. The molecule has 0 aromatic rings. The fourth-order valence-electron chi connectivity index (χ4n) is 5.74. The van der Waals surface area contributed by atoms with Crippen molar-refractivity contribution < 1.29 is 0 Å². The van der Waals surface area contributed by atoms with Gasteiger partial charge in [0.05, 0.1) is 0 Å². The predicted molar refractivity (Wildman–Crippen MR) is 114 cm³/mol. The van der Waals surface area contributed by atoms with Gasteiger partial charge in [0.25, 0.3) is 0 Å². The second-order valence-corrected chi connectivity index (χ2v) is 11.8. The van der Waals surface area contributed by atoms with Crippen molar-refractivity contribution in [1.82, 2.24) is 19.6 Å². The summed E-state index contributed by atoms with van der Waals surface area (Å²) in [6.07, 6.45) is 3.01.